The van der Waals surface area contributed by atoms with Gasteiger partial charge in [-0.15, -0.1) is 69.1 Å². The van der Waals surface area contributed by atoms with Gasteiger partial charge in [0.05, 0.1) is 46.4 Å². The van der Waals surface area contributed by atoms with Crippen LogP contribution in [-0.4, -0.2) is 184 Å². The Balaban J connectivity index is 0.000000164. The van der Waals surface area contributed by atoms with Gasteiger partial charge < -0.3 is 68.4 Å². The fraction of sp³-hybridized carbons (Fsp3) is 0.562. The van der Waals surface area contributed by atoms with Gasteiger partial charge in [0.1, 0.15) is 53.3 Å². The maximum Gasteiger partial charge on any atom is 0.341 e. The number of halogens is 4. The molecule has 19 rings (SSSR count). The number of anilines is 5. The van der Waals surface area contributed by atoms with Crippen LogP contribution in [0.5, 0.6) is 0 Å². The summed E-state index contributed by atoms with van der Waals surface area (Å²) in [6.45, 7) is 4.26. The zero-order chi connectivity index (χ0) is 90.1. The Bertz CT molecular complexity index is 5290. The molecule has 0 atom stereocenters. The van der Waals surface area contributed by atoms with E-state index in [-0.39, 0.29) is 35.6 Å². The third-order valence-corrected chi connectivity index (χ3v) is 30.1. The number of amides is 2. The number of hydrogen-bond donors (Lipinski definition) is 9. The number of aryl methyl sites for hydroxylation is 9. The minimum atomic E-state index is -0.833. The number of carbonyl (C=O) groups is 4. The summed E-state index contributed by atoms with van der Waals surface area (Å²) >= 11 is 26.3. The number of nitrogen functional groups attached to an aromatic ring is 2. The molecule has 28 nitrogen and oxygen atoms in total. The van der Waals surface area contributed by atoms with Crippen molar-refractivity contribution in [2.75, 3.05) is 96.6 Å². The Morgan fingerprint density at radius 1 is 0.508 bits per heavy atom. The lowest BCUT2D eigenvalue weighted by molar-refractivity contribution is -0.141. The highest BCUT2D eigenvalue weighted by Crippen LogP contribution is 2.45. The Morgan fingerprint density at radius 2 is 0.921 bits per heavy atom. The molecule has 9 aliphatic carbocycles. The summed E-state index contributed by atoms with van der Waals surface area (Å²) in [7, 11) is 17.1. The number of aromatic amines is 2. The lowest BCUT2D eigenvalue weighted by Crippen LogP contribution is -2.36. The number of carbonyl (C=O) groups excluding carboxylic acids is 4. The highest BCUT2D eigenvalue weighted by atomic mass is 35.5. The van der Waals surface area contributed by atoms with E-state index >= 15 is 0 Å². The first-order valence-corrected chi connectivity index (χ1v) is 48.8. The van der Waals surface area contributed by atoms with Gasteiger partial charge in [0.15, 0.2) is 0 Å². The van der Waals surface area contributed by atoms with E-state index in [1.165, 1.54) is 189 Å². The van der Waals surface area contributed by atoms with Gasteiger partial charge in [-0.25, -0.2) is 39.3 Å². The number of fused-ring (bicyclic) bond motifs is 13. The number of nitriles is 1. The van der Waals surface area contributed by atoms with Crippen LogP contribution in [-0.2, 0) is 83.3 Å². The molecule has 10 aromatic rings. The first kappa shape index (κ1) is 102. The normalized spacial score (nSPS) is 18.9. The minimum absolute atomic E-state index is 0. The second kappa shape index (κ2) is 49.7. The molecular formula is C89H124Cl4N20O8S5. The number of ether oxygens (including phenoxy) is 2. The van der Waals surface area contributed by atoms with Crippen LogP contribution in [0.15, 0.2) is 39.9 Å². The highest BCUT2D eigenvalue weighted by Gasteiger charge is 2.31. The van der Waals surface area contributed by atoms with Crippen LogP contribution in [0.1, 0.15) is 218 Å². The monoisotopic (exact) mass is 1900 g/mol. The van der Waals surface area contributed by atoms with Gasteiger partial charge >= 0.3 is 23.7 Å². The number of nitrogens with zero attached hydrogens (tertiary/aromatic N) is 11. The number of para-hydroxylation sites is 1. The van der Waals surface area contributed by atoms with Gasteiger partial charge in [-0.3, -0.25) is 24.4 Å². The van der Waals surface area contributed by atoms with E-state index < -0.39 is 17.7 Å². The van der Waals surface area contributed by atoms with Crippen molar-refractivity contribution in [2.24, 2.45) is 17.2 Å². The molecule has 4 saturated carbocycles. The Labute approximate surface area is 779 Å². The van der Waals surface area contributed by atoms with Crippen molar-refractivity contribution < 1.29 is 28.7 Å². The maximum absolute atomic E-state index is 11.6. The SMILES string of the molecule is CCOC(=O)CC#N.CCOC(=O)c1c(N)sc2c1CCC2.CN(C)C1CCC(N)CC1.CN(C)C1CCC(Nc2nc(Cl)nc3sc4c(c23)CCC4)CC1.CN(C)C1CCC(Nc2nc(N)nc3sc4c(c23)CCC4)CC1.CN(C)c1ccccc1.Cl.Clc1nc(Cl)c2c3c(sc2n1)CCC3.NC(N)=O.O=C1CCCC1.O=c1[nH]c(=O)c2c3c(sc2[nH]1)CCC3. The molecule has 2 amide bonds. The van der Waals surface area contributed by atoms with Crippen molar-refractivity contribution in [1.29, 1.82) is 5.26 Å². The number of ketones is 1. The van der Waals surface area contributed by atoms with Gasteiger partial charge in [0.25, 0.3) is 5.56 Å². The molecule has 4 fully saturated rings. The predicted molar refractivity (Wildman–Crippen MR) is 522 cm³/mol. The number of benzene rings is 1. The smallest absolute Gasteiger partial charge is 0.341 e. The summed E-state index contributed by atoms with van der Waals surface area (Å²) < 4.78 is 9.40. The molecule has 9 heterocycles. The van der Waals surface area contributed by atoms with E-state index in [4.69, 9.17) is 66.8 Å². The van der Waals surface area contributed by atoms with Crippen LogP contribution in [0.2, 0.25) is 15.7 Å². The van der Waals surface area contributed by atoms with Crippen LogP contribution < -0.4 is 55.5 Å². The number of rotatable bonds is 12. The summed E-state index contributed by atoms with van der Waals surface area (Å²) in [6.07, 6.45) is 35.5. The molecule has 0 radical (unpaired) electrons. The van der Waals surface area contributed by atoms with Crippen molar-refractivity contribution >= 4 is 197 Å². The zero-order valence-corrected chi connectivity index (χ0v) is 81.2. The van der Waals surface area contributed by atoms with E-state index in [1.54, 1.807) is 53.9 Å². The number of H-pyrrole nitrogens is 2. The van der Waals surface area contributed by atoms with Crippen molar-refractivity contribution in [1.82, 2.24) is 54.6 Å². The average molecular weight is 1900 g/mol. The fourth-order valence-electron chi connectivity index (χ4n) is 17.3. The molecule has 126 heavy (non-hydrogen) atoms. The molecule has 0 saturated heterocycles. The molecule has 686 valence electrons. The Hall–Kier alpha value is -7.95. The summed E-state index contributed by atoms with van der Waals surface area (Å²) in [6, 6.07) is 14.8. The van der Waals surface area contributed by atoms with Gasteiger partial charge in [0, 0.05) is 93.3 Å². The van der Waals surface area contributed by atoms with Crippen molar-refractivity contribution in [3.05, 3.63) is 125 Å². The van der Waals surface area contributed by atoms with Crippen LogP contribution in [0.4, 0.5) is 33.1 Å². The summed E-state index contributed by atoms with van der Waals surface area (Å²) in [5, 5.41) is 21.2. The number of primary amides is 2. The highest BCUT2D eigenvalue weighted by molar-refractivity contribution is 7.20. The van der Waals surface area contributed by atoms with E-state index in [0.717, 1.165) is 143 Å². The topological polar surface area (TPSA) is 421 Å². The molecule has 0 aliphatic heterocycles. The Kier molecular flexibility index (Phi) is 40.2. The number of thiophene rings is 5. The second-order valence-corrected chi connectivity index (χ2v) is 39.8. The quantitative estimate of drug-likeness (QED) is 0.0312. The molecular weight excluding hydrogens is 1780 g/mol. The third kappa shape index (κ3) is 28.5. The van der Waals surface area contributed by atoms with Crippen LogP contribution >= 0.6 is 104 Å². The van der Waals surface area contributed by atoms with Gasteiger partial charge in [-0.2, -0.15) is 10.2 Å². The molecule has 37 heteroatoms. The minimum Gasteiger partial charge on any atom is -0.465 e. The summed E-state index contributed by atoms with van der Waals surface area (Å²) in [5.74, 6) is 2.07. The summed E-state index contributed by atoms with van der Waals surface area (Å²) in [5.41, 5.74) is 33.8. The van der Waals surface area contributed by atoms with Crippen LogP contribution in [0.3, 0.4) is 0 Å². The maximum atomic E-state index is 11.6. The second-order valence-electron chi connectivity index (χ2n) is 33.2. The predicted octanol–water partition coefficient (Wildman–Crippen LogP) is 17.0. The fourth-order valence-corrected chi connectivity index (χ4v) is 24.3. The Morgan fingerprint density at radius 3 is 1.36 bits per heavy atom. The zero-order valence-electron chi connectivity index (χ0n) is 74.0. The molecule has 0 unspecified atom stereocenters. The molecule has 9 aromatic heterocycles. The lowest BCUT2D eigenvalue weighted by Gasteiger charge is -2.33. The molecule has 0 spiro atoms. The first-order valence-electron chi connectivity index (χ1n) is 43.5. The standard InChI is InChI=1S/C17H23ClN4S.C17H25N5S.C10H13NO2S.C9H6Cl2N2S.C9H8N2O2S.C8H18N2.C8H11N.C5H7NO2.C5H8O.CH4N2O.ClH/c2*1-22(2)11-8-6-10(7-9-11)19-15-14-12-4-3-5-13(12)23-16(14)21-17(18)20-15;1-2-13-10(12)8-6-4-3-5-7(6)14-9(8)11;10-7-6-4-2-1-3-5(4)14-8(6)13-9(11)12-7;12-7-6-4-2-1-3-5(4)14-8(6)11-9(13)10-7;1-10(2)8-5-3-7(9)4-6-8;1-9(2)8-6-4-3-5-7-8;1-2-8-5(7)3-4-6;6-5-3-1-2-4-5;2-1(3)4;/h10-11H,3-9H2,1-2H3,(H,19,20,21);10-11H,3-9H2,1-2H3,(H3,18,19,20,21);2-5,11H2,1H3;1-3H2;1-3H2,(H2,10,11,12,13);7-8H,3-6,9H2,1-2H3;3-7H,1-2H3;2-3H2,1H3;1-4H2;(H4,2,3,4);1H. The largest absolute Gasteiger partial charge is 0.465 e. The molecule has 0 bridgehead atoms. The number of nitrogens with one attached hydrogen (secondary N) is 4. The number of hydrogen-bond acceptors (Lipinski definition) is 29. The first-order chi connectivity index (χ1) is 59.9. The van der Waals surface area contributed by atoms with Gasteiger partial charge in [-0.1, -0.05) is 29.8 Å². The van der Waals surface area contributed by atoms with E-state index in [9.17, 15) is 24.0 Å². The summed E-state index contributed by atoms with van der Waals surface area (Å²) in [4.78, 5) is 114. The van der Waals surface area contributed by atoms with Crippen molar-refractivity contribution in [3.8, 4) is 6.07 Å². The van der Waals surface area contributed by atoms with E-state index in [0.29, 0.717) is 81.5 Å². The third-order valence-electron chi connectivity index (χ3n) is 23.6. The molecule has 14 N–H and O–H groups in total. The molecule has 9 aliphatic rings. The van der Waals surface area contributed by atoms with E-state index in [1.807, 2.05) is 32.3 Å². The average Bonchev–Trinajstić information content (AvgIpc) is 1.62. The number of urea groups is 1. The van der Waals surface area contributed by atoms with Crippen LogP contribution in [0.25, 0.3) is 40.9 Å². The van der Waals surface area contributed by atoms with Crippen LogP contribution in [0, 0.1) is 11.3 Å². The molecule has 1 aromatic carbocycles. The van der Waals surface area contributed by atoms with Gasteiger partial charge in [-0.05, 0) is 305 Å². The number of esters is 2. The van der Waals surface area contributed by atoms with Gasteiger partial charge in [0.2, 0.25) is 16.5 Å². The van der Waals surface area contributed by atoms with E-state index in [2.05, 4.69) is 141 Å². The number of Topliss-reactive ketones (excluding diaryl/α,β-unsaturated/α-hetero) is 1. The van der Waals surface area contributed by atoms with Crippen molar-refractivity contribution in [3.63, 3.8) is 0 Å². The van der Waals surface area contributed by atoms with Crippen molar-refractivity contribution in [2.45, 2.75) is 256 Å². The lowest BCUT2D eigenvalue weighted by atomic mass is 9.90. The number of aromatic nitrogens is 8. The number of nitrogens with two attached hydrogens (primary N) is 5.